The lowest BCUT2D eigenvalue weighted by atomic mass is 9.99. The smallest absolute Gasteiger partial charge is 0.248 e. The van der Waals surface area contributed by atoms with E-state index in [0.717, 1.165) is 22.2 Å². The minimum atomic E-state index is -0.544. The molecule has 3 aromatic rings. The molecule has 3 amide bonds. The lowest BCUT2D eigenvalue weighted by molar-refractivity contribution is -0.135. The van der Waals surface area contributed by atoms with Gasteiger partial charge < -0.3 is 49.7 Å². The molecule has 0 aliphatic carbocycles. The Hall–Kier alpha value is -3.28. The second kappa shape index (κ2) is 20.4. The van der Waals surface area contributed by atoms with E-state index in [-0.39, 0.29) is 31.3 Å². The van der Waals surface area contributed by atoms with Crippen LogP contribution in [-0.2, 0) is 57.6 Å². The van der Waals surface area contributed by atoms with E-state index in [1.54, 1.807) is 15.6 Å². The zero-order valence-corrected chi connectivity index (χ0v) is 28.9. The minimum absolute atomic E-state index is 0.131. The maximum Gasteiger partial charge on any atom is 0.248 e. The van der Waals surface area contributed by atoms with Gasteiger partial charge in [-0.2, -0.15) is 5.10 Å². The predicted molar refractivity (Wildman–Crippen MR) is 181 cm³/mol. The number of nitrogens with two attached hydrogens (primary N) is 1. The number of benzene rings is 1. The van der Waals surface area contributed by atoms with Gasteiger partial charge in [0.2, 0.25) is 17.7 Å². The summed E-state index contributed by atoms with van der Waals surface area (Å²) in [5, 5.41) is 18.6. The third-order valence-corrected chi connectivity index (χ3v) is 8.45. The van der Waals surface area contributed by atoms with Gasteiger partial charge in [0.1, 0.15) is 6.61 Å². The second-order valence-corrected chi connectivity index (χ2v) is 11.9. The highest BCUT2D eigenvalue weighted by atomic mass is 35.5. The number of fused-ring (bicyclic) bond motifs is 3. The van der Waals surface area contributed by atoms with Crippen molar-refractivity contribution < 1.29 is 43.2 Å². The number of amides is 3. The van der Waals surface area contributed by atoms with Gasteiger partial charge in [0.25, 0.3) is 0 Å². The number of ether oxygens (including phenoxy) is 5. The number of aliphatic hydroxyl groups excluding tert-OH is 1. The van der Waals surface area contributed by atoms with Gasteiger partial charge in [-0.3, -0.25) is 19.1 Å². The second-order valence-electron chi connectivity index (χ2n) is 11.1. The summed E-state index contributed by atoms with van der Waals surface area (Å²) >= 11 is 13.1. The van der Waals surface area contributed by atoms with E-state index >= 15 is 0 Å². The van der Waals surface area contributed by atoms with Gasteiger partial charge in [0.05, 0.1) is 93.9 Å². The van der Waals surface area contributed by atoms with Crippen molar-refractivity contribution in [1.29, 1.82) is 0 Å². The van der Waals surface area contributed by atoms with Gasteiger partial charge in [-0.15, -0.1) is 0 Å². The molecule has 1 aliphatic rings. The van der Waals surface area contributed by atoms with Crippen LogP contribution in [0.3, 0.4) is 0 Å². The molecule has 4 rings (SSSR count). The zero-order valence-electron chi connectivity index (χ0n) is 27.3. The molecular formula is C32H44Cl2N6O9. The molecule has 1 aliphatic heterocycles. The molecule has 0 atom stereocenters. The highest BCUT2D eigenvalue weighted by molar-refractivity contribution is 6.45. The van der Waals surface area contributed by atoms with Gasteiger partial charge in [0.15, 0.2) is 0 Å². The predicted octanol–water partition coefficient (Wildman–Crippen LogP) is 1.68. The third kappa shape index (κ3) is 11.9. The molecule has 0 radical (unpaired) electrons. The topological polar surface area (TPSA) is 192 Å². The molecule has 49 heavy (non-hydrogen) atoms. The summed E-state index contributed by atoms with van der Waals surface area (Å²) in [4.78, 5) is 40.1. The number of hydrogen-bond donors (Lipinski definition) is 4. The highest BCUT2D eigenvalue weighted by Gasteiger charge is 2.27. The van der Waals surface area contributed by atoms with E-state index in [9.17, 15) is 19.5 Å². The zero-order chi connectivity index (χ0) is 35.0. The summed E-state index contributed by atoms with van der Waals surface area (Å²) in [6.07, 6.45) is 2.85. The monoisotopic (exact) mass is 726 g/mol. The largest absolute Gasteiger partial charge is 0.387 e. The average Bonchev–Trinajstić information content (AvgIpc) is 3.72. The van der Waals surface area contributed by atoms with Gasteiger partial charge >= 0.3 is 0 Å². The molecule has 15 nitrogen and oxygen atoms in total. The number of H-pyrrole nitrogens is 1. The standard InChI is InChI=1S/C32H44Cl2N6O9/c33-24-19-22(30-23-20-39(29(44)21-41)6-1-25(23)37-32(30)31(24)34)26-2-7-40(38-26)8-5-36-28(43)4-10-46-12-14-48-16-18-49-17-15-47-13-11-45-9-3-27(35)42/h2,7,19,37,41H,1,3-6,8-18,20-21H2,(H2,35,42)(H,36,43). The molecule has 2 aromatic heterocycles. The van der Waals surface area contributed by atoms with Crippen LogP contribution >= 0.6 is 23.2 Å². The number of carbonyl (C=O) groups excluding carboxylic acids is 3. The van der Waals surface area contributed by atoms with Crippen molar-refractivity contribution in [3.8, 4) is 11.3 Å². The Labute approximate surface area is 294 Å². The van der Waals surface area contributed by atoms with Crippen molar-refractivity contribution in [2.75, 3.05) is 85.8 Å². The van der Waals surface area contributed by atoms with Crippen LogP contribution < -0.4 is 11.1 Å². The van der Waals surface area contributed by atoms with Crippen LogP contribution in [0.1, 0.15) is 24.1 Å². The SMILES string of the molecule is NC(=O)CCOCCOCCOCCOCCOCCC(=O)NCCn1ccc(-c2cc(Cl)c(Cl)c3[nH]c4c(c23)CN(C(=O)CO)CC4)n1. The Bertz CT molecular complexity index is 1530. The average molecular weight is 728 g/mol. The van der Waals surface area contributed by atoms with E-state index in [1.165, 1.54) is 0 Å². The van der Waals surface area contributed by atoms with Gasteiger partial charge in [-0.25, -0.2) is 0 Å². The van der Waals surface area contributed by atoms with Crippen LogP contribution in [0.2, 0.25) is 10.0 Å². The van der Waals surface area contributed by atoms with Crippen LogP contribution in [0.4, 0.5) is 0 Å². The van der Waals surface area contributed by atoms with Crippen LogP contribution in [0.15, 0.2) is 18.3 Å². The number of carbonyl (C=O) groups is 3. The van der Waals surface area contributed by atoms with Crippen molar-refractivity contribution in [2.45, 2.75) is 32.4 Å². The normalized spacial score (nSPS) is 12.8. The van der Waals surface area contributed by atoms with Crippen LogP contribution in [0.25, 0.3) is 22.2 Å². The van der Waals surface area contributed by atoms with E-state index in [1.807, 2.05) is 12.3 Å². The summed E-state index contributed by atoms with van der Waals surface area (Å²) < 4.78 is 28.7. The Morgan fingerprint density at radius 2 is 1.55 bits per heavy atom. The first-order valence-electron chi connectivity index (χ1n) is 16.2. The molecule has 0 unspecified atom stereocenters. The van der Waals surface area contributed by atoms with E-state index in [2.05, 4.69) is 10.3 Å². The summed E-state index contributed by atoms with van der Waals surface area (Å²) in [6, 6.07) is 3.64. The van der Waals surface area contributed by atoms with Crippen LogP contribution in [0.5, 0.6) is 0 Å². The lowest BCUT2D eigenvalue weighted by Crippen LogP contribution is -2.37. The maximum atomic E-state index is 12.3. The quantitative estimate of drug-likeness (QED) is 0.105. The third-order valence-electron chi connectivity index (χ3n) is 7.66. The summed E-state index contributed by atoms with van der Waals surface area (Å²) in [6.45, 7) is 4.98. The number of nitrogens with zero attached hydrogens (tertiary/aromatic N) is 3. The number of aliphatic hydroxyl groups is 1. The van der Waals surface area contributed by atoms with Crippen molar-refractivity contribution >= 4 is 51.8 Å². The Morgan fingerprint density at radius 1 is 0.939 bits per heavy atom. The first-order valence-corrected chi connectivity index (χ1v) is 16.9. The Morgan fingerprint density at radius 3 is 2.16 bits per heavy atom. The number of hydrogen-bond acceptors (Lipinski definition) is 10. The van der Waals surface area contributed by atoms with Crippen molar-refractivity contribution in [3.63, 3.8) is 0 Å². The summed E-state index contributed by atoms with van der Waals surface area (Å²) in [5.74, 6) is -0.852. The fourth-order valence-corrected chi connectivity index (χ4v) is 5.60. The Kier molecular flexibility index (Phi) is 16.0. The maximum absolute atomic E-state index is 12.3. The molecule has 0 fully saturated rings. The number of aromatic amines is 1. The molecule has 270 valence electrons. The molecule has 5 N–H and O–H groups in total. The lowest BCUT2D eigenvalue weighted by Gasteiger charge is -2.26. The number of rotatable bonds is 23. The fraction of sp³-hybridized carbons (Fsp3) is 0.562. The molecular weight excluding hydrogens is 683 g/mol. The minimum Gasteiger partial charge on any atom is -0.387 e. The van der Waals surface area contributed by atoms with Crippen molar-refractivity contribution in [1.82, 2.24) is 25.0 Å². The number of nitrogens with one attached hydrogen (secondary N) is 2. The van der Waals surface area contributed by atoms with Crippen LogP contribution in [0, 0.1) is 0 Å². The molecule has 0 spiro atoms. The van der Waals surface area contributed by atoms with Gasteiger partial charge in [-0.05, 0) is 12.1 Å². The van der Waals surface area contributed by atoms with E-state index in [0.29, 0.717) is 113 Å². The van der Waals surface area contributed by atoms with Crippen LogP contribution in [-0.4, -0.2) is 128 Å². The van der Waals surface area contributed by atoms with E-state index in [4.69, 9.17) is 57.7 Å². The number of aromatic nitrogens is 3. The van der Waals surface area contributed by atoms with Gasteiger partial charge in [-0.1, -0.05) is 23.2 Å². The van der Waals surface area contributed by atoms with E-state index < -0.39 is 12.5 Å². The van der Waals surface area contributed by atoms with Crippen molar-refractivity contribution in [2.24, 2.45) is 5.73 Å². The summed E-state index contributed by atoms with van der Waals surface area (Å²) in [7, 11) is 0. The van der Waals surface area contributed by atoms with Gasteiger partial charge in [0, 0.05) is 67.3 Å². The Balaban J connectivity index is 1.08. The van der Waals surface area contributed by atoms with Crippen molar-refractivity contribution in [3.05, 3.63) is 39.6 Å². The molecule has 1 aromatic carbocycles. The first-order chi connectivity index (χ1) is 23.8. The number of halogens is 2. The highest BCUT2D eigenvalue weighted by Crippen LogP contribution is 2.41. The summed E-state index contributed by atoms with van der Waals surface area (Å²) in [5.41, 5.74) is 9.07. The fourth-order valence-electron chi connectivity index (χ4n) is 5.20. The molecule has 0 saturated carbocycles. The molecule has 3 heterocycles. The first kappa shape index (κ1) is 38.5. The molecule has 17 heteroatoms. The molecule has 0 saturated heterocycles. The molecule has 0 bridgehead atoms. The number of primary amides is 1.